The molecule has 0 unspecified atom stereocenters. The lowest BCUT2D eigenvalue weighted by atomic mass is 9.49. The van der Waals surface area contributed by atoms with Crippen molar-refractivity contribution in [3.8, 4) is 0 Å². The number of nitrogens with zero attached hydrogens (tertiary/aromatic N) is 5. The van der Waals surface area contributed by atoms with E-state index in [0.717, 1.165) is 94.1 Å². The number of morpholine rings is 1. The lowest BCUT2D eigenvalue weighted by Gasteiger charge is -2.57. The van der Waals surface area contributed by atoms with Crippen LogP contribution in [0.5, 0.6) is 0 Å². The zero-order valence-electron chi connectivity index (χ0n) is 19.5. The van der Waals surface area contributed by atoms with E-state index >= 15 is 0 Å². The van der Waals surface area contributed by atoms with Crippen LogP contribution in [0.15, 0.2) is 6.07 Å². The van der Waals surface area contributed by atoms with Crippen molar-refractivity contribution in [1.82, 2.24) is 14.9 Å². The summed E-state index contributed by atoms with van der Waals surface area (Å²) in [4.78, 5) is 29.6. The number of hydrogen-bond donors (Lipinski definition) is 0. The zero-order chi connectivity index (χ0) is 21.7. The highest BCUT2D eigenvalue weighted by atomic mass is 16.5. The number of aryl methyl sites for hydroxylation is 1. The first kappa shape index (κ1) is 20.7. The van der Waals surface area contributed by atoms with E-state index in [1.807, 2.05) is 6.92 Å². The smallest absolute Gasteiger partial charge is 0.227 e. The average Bonchev–Trinajstić information content (AvgIpc) is 2.78. The SMILES string of the molecule is Cc1cc(N2CCOCC2)nc(N2CCN(C(=O)CC34CC5CC(CC(C5)C3)C4)CC2)n1. The van der Waals surface area contributed by atoms with E-state index < -0.39 is 0 Å². The van der Waals surface area contributed by atoms with Crippen LogP contribution in [0, 0.1) is 30.1 Å². The number of piperazine rings is 1. The molecule has 4 saturated carbocycles. The highest BCUT2D eigenvalue weighted by molar-refractivity contribution is 5.77. The number of anilines is 2. The Balaban J connectivity index is 1.08. The van der Waals surface area contributed by atoms with E-state index in [4.69, 9.17) is 14.7 Å². The molecule has 3 heterocycles. The molecule has 6 fully saturated rings. The maximum Gasteiger partial charge on any atom is 0.227 e. The van der Waals surface area contributed by atoms with E-state index in [1.165, 1.54) is 38.5 Å². The number of hydrogen-bond acceptors (Lipinski definition) is 6. The molecule has 1 amide bonds. The van der Waals surface area contributed by atoms with Crippen LogP contribution < -0.4 is 9.80 Å². The van der Waals surface area contributed by atoms with E-state index in [-0.39, 0.29) is 0 Å². The molecular formula is C25H37N5O2. The quantitative estimate of drug-likeness (QED) is 0.719. The minimum atomic E-state index is 0.329. The molecule has 32 heavy (non-hydrogen) atoms. The van der Waals surface area contributed by atoms with Gasteiger partial charge < -0.3 is 19.4 Å². The Morgan fingerprint density at radius 1 is 0.938 bits per heavy atom. The molecule has 1 aromatic heterocycles. The number of carbonyl (C=O) groups excluding carboxylic acids is 1. The Morgan fingerprint density at radius 2 is 1.56 bits per heavy atom. The molecule has 7 nitrogen and oxygen atoms in total. The molecule has 7 rings (SSSR count). The predicted octanol–water partition coefficient (Wildman–Crippen LogP) is 2.88. The van der Waals surface area contributed by atoms with Gasteiger partial charge in [0.15, 0.2) is 0 Å². The molecular weight excluding hydrogens is 402 g/mol. The normalized spacial score (nSPS) is 34.3. The van der Waals surface area contributed by atoms with Crippen LogP contribution in [0.25, 0.3) is 0 Å². The van der Waals surface area contributed by atoms with Gasteiger partial charge in [-0.25, -0.2) is 4.98 Å². The Morgan fingerprint density at radius 3 is 2.19 bits per heavy atom. The summed E-state index contributed by atoms with van der Waals surface area (Å²) in [6.07, 6.45) is 9.04. The second-order valence-corrected chi connectivity index (χ2v) is 11.2. The summed E-state index contributed by atoms with van der Waals surface area (Å²) < 4.78 is 5.49. The summed E-state index contributed by atoms with van der Waals surface area (Å²) in [5.41, 5.74) is 1.33. The molecule has 0 radical (unpaired) electrons. The summed E-state index contributed by atoms with van der Waals surface area (Å²) in [5.74, 6) is 4.92. The van der Waals surface area contributed by atoms with E-state index in [1.54, 1.807) is 0 Å². The summed E-state index contributed by atoms with van der Waals surface area (Å²) in [5, 5.41) is 0. The van der Waals surface area contributed by atoms with E-state index in [0.29, 0.717) is 11.3 Å². The van der Waals surface area contributed by atoms with Crippen LogP contribution in [0.3, 0.4) is 0 Å². The summed E-state index contributed by atoms with van der Waals surface area (Å²) in [6, 6.07) is 2.07. The van der Waals surface area contributed by atoms with Crippen molar-refractivity contribution in [3.63, 3.8) is 0 Å². The van der Waals surface area contributed by atoms with Gasteiger partial charge >= 0.3 is 0 Å². The highest BCUT2D eigenvalue weighted by Gasteiger charge is 2.51. The minimum Gasteiger partial charge on any atom is -0.378 e. The van der Waals surface area contributed by atoms with Crippen molar-refractivity contribution in [3.05, 3.63) is 11.8 Å². The maximum absolute atomic E-state index is 13.3. The zero-order valence-corrected chi connectivity index (χ0v) is 19.5. The van der Waals surface area contributed by atoms with Crippen LogP contribution in [0.4, 0.5) is 11.8 Å². The van der Waals surface area contributed by atoms with Crippen molar-refractivity contribution < 1.29 is 9.53 Å². The van der Waals surface area contributed by atoms with Crippen molar-refractivity contribution >= 4 is 17.7 Å². The molecule has 7 heteroatoms. The number of ether oxygens (including phenoxy) is 1. The lowest BCUT2D eigenvalue weighted by Crippen LogP contribution is -2.52. The van der Waals surface area contributed by atoms with Gasteiger partial charge in [0, 0.05) is 57.4 Å². The first-order valence-corrected chi connectivity index (χ1v) is 12.8. The fraction of sp³-hybridized carbons (Fsp3) is 0.800. The molecule has 4 aliphatic carbocycles. The first-order chi connectivity index (χ1) is 15.6. The summed E-state index contributed by atoms with van der Waals surface area (Å²) in [7, 11) is 0. The van der Waals surface area contributed by atoms with Gasteiger partial charge in [0.05, 0.1) is 13.2 Å². The van der Waals surface area contributed by atoms with Crippen LogP contribution in [0.2, 0.25) is 0 Å². The number of carbonyl (C=O) groups is 1. The molecule has 174 valence electrons. The van der Waals surface area contributed by atoms with Crippen molar-refractivity contribution in [2.75, 3.05) is 62.3 Å². The second-order valence-electron chi connectivity index (χ2n) is 11.2. The van der Waals surface area contributed by atoms with Gasteiger partial charge in [-0.05, 0) is 68.6 Å². The molecule has 1 aromatic rings. The maximum atomic E-state index is 13.3. The van der Waals surface area contributed by atoms with Gasteiger partial charge in [-0.1, -0.05) is 0 Å². The Labute approximate surface area is 191 Å². The van der Waals surface area contributed by atoms with Crippen LogP contribution in [-0.2, 0) is 9.53 Å². The Bertz CT molecular complexity index is 825. The molecule has 4 bridgehead atoms. The molecule has 0 aromatic carbocycles. The standard InChI is InChI=1S/C25H37N5O2/c1-18-10-22(28-6-8-32-9-7-28)27-24(26-18)30-4-2-29(3-5-30)23(31)17-25-14-19-11-20(15-25)13-21(12-19)16-25/h10,19-21H,2-9,11-17H2,1H3. The van der Waals surface area contributed by atoms with Gasteiger partial charge in [0.1, 0.15) is 5.82 Å². The van der Waals surface area contributed by atoms with Gasteiger partial charge in [0.2, 0.25) is 11.9 Å². The van der Waals surface area contributed by atoms with Crippen LogP contribution in [0.1, 0.15) is 50.6 Å². The fourth-order valence-electron chi connectivity index (χ4n) is 7.73. The third-order valence-electron chi connectivity index (χ3n) is 8.77. The van der Waals surface area contributed by atoms with Crippen molar-refractivity contribution in [2.24, 2.45) is 23.2 Å². The number of amides is 1. The Hall–Kier alpha value is -1.89. The van der Waals surface area contributed by atoms with Gasteiger partial charge in [-0.2, -0.15) is 4.98 Å². The fourth-order valence-corrected chi connectivity index (χ4v) is 7.73. The van der Waals surface area contributed by atoms with E-state index in [9.17, 15) is 4.79 Å². The van der Waals surface area contributed by atoms with Crippen LogP contribution in [-0.4, -0.2) is 73.3 Å². The van der Waals surface area contributed by atoms with E-state index in [2.05, 4.69) is 20.8 Å². The minimum absolute atomic E-state index is 0.329. The molecule has 2 saturated heterocycles. The molecule has 0 N–H and O–H groups in total. The van der Waals surface area contributed by atoms with Gasteiger partial charge in [-0.15, -0.1) is 0 Å². The van der Waals surface area contributed by atoms with Crippen molar-refractivity contribution in [2.45, 2.75) is 51.9 Å². The summed E-state index contributed by atoms with van der Waals surface area (Å²) >= 11 is 0. The second kappa shape index (κ2) is 8.15. The van der Waals surface area contributed by atoms with Crippen molar-refractivity contribution in [1.29, 1.82) is 0 Å². The number of rotatable bonds is 4. The first-order valence-electron chi connectivity index (χ1n) is 12.8. The Kier molecular flexibility index (Phi) is 5.27. The molecule has 2 aliphatic heterocycles. The third kappa shape index (κ3) is 3.97. The third-order valence-corrected chi connectivity index (χ3v) is 8.77. The average molecular weight is 440 g/mol. The monoisotopic (exact) mass is 439 g/mol. The largest absolute Gasteiger partial charge is 0.378 e. The molecule has 6 aliphatic rings. The van der Waals surface area contributed by atoms with Gasteiger partial charge in [-0.3, -0.25) is 4.79 Å². The molecule has 0 atom stereocenters. The lowest BCUT2D eigenvalue weighted by molar-refractivity contribution is -0.139. The van der Waals surface area contributed by atoms with Gasteiger partial charge in [0.25, 0.3) is 0 Å². The van der Waals surface area contributed by atoms with Crippen LogP contribution >= 0.6 is 0 Å². The number of aromatic nitrogens is 2. The predicted molar refractivity (Wildman–Crippen MR) is 124 cm³/mol. The summed E-state index contributed by atoms with van der Waals surface area (Å²) in [6.45, 7) is 8.51. The molecule has 0 spiro atoms. The highest BCUT2D eigenvalue weighted by Crippen LogP contribution is 2.61. The topological polar surface area (TPSA) is 61.8 Å².